The van der Waals surface area contributed by atoms with Gasteiger partial charge in [-0.2, -0.15) is 0 Å². The highest BCUT2D eigenvalue weighted by Gasteiger charge is 2.43. The van der Waals surface area contributed by atoms with Crippen LogP contribution in [0.1, 0.15) is 11.1 Å². The molecular formula is C28H22Si. The van der Waals surface area contributed by atoms with Crippen LogP contribution in [0, 0.1) is 0 Å². The Morgan fingerprint density at radius 2 is 0.828 bits per heavy atom. The molecule has 29 heavy (non-hydrogen) atoms. The van der Waals surface area contributed by atoms with Gasteiger partial charge in [-0.15, -0.1) is 0 Å². The van der Waals surface area contributed by atoms with E-state index >= 15 is 0 Å². The molecule has 0 bridgehead atoms. The minimum atomic E-state index is -2.30. The van der Waals surface area contributed by atoms with E-state index in [1.165, 1.54) is 32.3 Å². The summed E-state index contributed by atoms with van der Waals surface area (Å²) in [5.74, 6) is 0. The number of allylic oxidation sites excluding steroid dienone is 2. The summed E-state index contributed by atoms with van der Waals surface area (Å²) in [6, 6.07) is 43.9. The molecule has 1 aliphatic rings. The van der Waals surface area contributed by atoms with Crippen molar-refractivity contribution in [1.29, 1.82) is 0 Å². The molecule has 0 spiro atoms. The third-order valence-electron chi connectivity index (χ3n) is 5.77. The molecule has 4 aromatic rings. The Bertz CT molecular complexity index is 1120. The normalized spacial score (nSPS) is 14.9. The molecule has 0 N–H and O–H groups in total. The molecule has 0 atom stereocenters. The molecule has 0 saturated carbocycles. The Balaban J connectivity index is 1.88. The number of hydrogen-bond acceptors (Lipinski definition) is 0. The molecule has 0 amide bonds. The third kappa shape index (κ3) is 3.00. The second-order valence-electron chi connectivity index (χ2n) is 7.39. The summed E-state index contributed by atoms with van der Waals surface area (Å²) in [6.45, 7) is 0. The van der Waals surface area contributed by atoms with E-state index in [9.17, 15) is 0 Å². The van der Waals surface area contributed by atoms with Crippen LogP contribution in [0.3, 0.4) is 0 Å². The summed E-state index contributed by atoms with van der Waals surface area (Å²) in [7, 11) is -2.30. The molecule has 0 nitrogen and oxygen atoms in total. The zero-order valence-electron chi connectivity index (χ0n) is 16.2. The quantitative estimate of drug-likeness (QED) is 0.406. The molecule has 0 aromatic heterocycles. The van der Waals surface area contributed by atoms with Crippen LogP contribution in [0.25, 0.3) is 10.8 Å². The van der Waals surface area contributed by atoms with Crippen molar-refractivity contribution in [2.24, 2.45) is 0 Å². The van der Waals surface area contributed by atoms with Crippen LogP contribution in [-0.2, 0) is 0 Å². The lowest BCUT2D eigenvalue weighted by molar-refractivity contribution is 1.61. The molecule has 4 aromatic carbocycles. The molecule has 1 heteroatoms. The Morgan fingerprint density at radius 1 is 0.414 bits per heavy atom. The van der Waals surface area contributed by atoms with Crippen LogP contribution in [0.2, 0.25) is 0 Å². The van der Waals surface area contributed by atoms with Gasteiger partial charge in [0.15, 0.2) is 8.07 Å². The summed E-state index contributed by atoms with van der Waals surface area (Å²) in [4.78, 5) is 0. The highest BCUT2D eigenvalue weighted by Crippen LogP contribution is 2.40. The predicted octanol–water partition coefficient (Wildman–Crippen LogP) is 5.51. The van der Waals surface area contributed by atoms with Gasteiger partial charge in [-0.3, -0.25) is 0 Å². The maximum Gasteiger partial charge on any atom is 0.173 e. The summed E-state index contributed by atoms with van der Waals surface area (Å²) < 4.78 is 0. The van der Waals surface area contributed by atoms with E-state index in [0.717, 1.165) is 0 Å². The van der Waals surface area contributed by atoms with Crippen molar-refractivity contribution in [3.63, 3.8) is 0 Å². The lowest BCUT2D eigenvalue weighted by Gasteiger charge is -2.31. The molecule has 0 unspecified atom stereocenters. The van der Waals surface area contributed by atoms with Crippen LogP contribution < -0.4 is 10.4 Å². The lowest BCUT2D eigenvalue weighted by atomic mass is 10.0. The molecule has 1 aliphatic heterocycles. The van der Waals surface area contributed by atoms with Gasteiger partial charge in [-0.05, 0) is 32.3 Å². The number of benzene rings is 4. The van der Waals surface area contributed by atoms with Gasteiger partial charge >= 0.3 is 0 Å². The zero-order chi connectivity index (χ0) is 19.5. The van der Waals surface area contributed by atoms with E-state index in [1.807, 2.05) is 0 Å². The molecular weight excluding hydrogens is 364 g/mol. The van der Waals surface area contributed by atoms with Crippen molar-refractivity contribution in [3.8, 4) is 0 Å². The van der Waals surface area contributed by atoms with Gasteiger partial charge in [0.25, 0.3) is 0 Å². The smallest absolute Gasteiger partial charge is 0.0812 e. The SMILES string of the molecule is C1=C[Si](c2ccccc2)(c2ccccc2)C(c2ccccc2)=C1c1ccccc1. The van der Waals surface area contributed by atoms with Crippen molar-refractivity contribution >= 4 is 29.2 Å². The fourth-order valence-corrected chi connectivity index (χ4v) is 9.07. The van der Waals surface area contributed by atoms with Gasteiger partial charge in [-0.1, -0.05) is 133 Å². The molecule has 0 aliphatic carbocycles. The molecule has 5 rings (SSSR count). The van der Waals surface area contributed by atoms with E-state index in [-0.39, 0.29) is 0 Å². The summed E-state index contributed by atoms with van der Waals surface area (Å²) in [5, 5.41) is 4.32. The molecule has 0 saturated heterocycles. The first kappa shape index (κ1) is 17.7. The molecule has 138 valence electrons. The number of rotatable bonds is 4. The highest BCUT2D eigenvalue weighted by molar-refractivity contribution is 7.20. The van der Waals surface area contributed by atoms with Crippen LogP contribution in [-0.4, -0.2) is 8.07 Å². The van der Waals surface area contributed by atoms with E-state index in [1.54, 1.807) is 0 Å². The maximum atomic E-state index is 2.52. The summed E-state index contributed by atoms with van der Waals surface area (Å²) in [5.41, 5.74) is 6.46. The predicted molar refractivity (Wildman–Crippen MR) is 127 cm³/mol. The molecule has 0 radical (unpaired) electrons. The van der Waals surface area contributed by atoms with Crippen LogP contribution >= 0.6 is 0 Å². The zero-order valence-corrected chi connectivity index (χ0v) is 17.2. The Kier molecular flexibility index (Phi) is 4.59. The van der Waals surface area contributed by atoms with Crippen molar-refractivity contribution in [2.75, 3.05) is 0 Å². The Labute approximate surface area is 173 Å². The Morgan fingerprint density at radius 3 is 1.31 bits per heavy atom. The van der Waals surface area contributed by atoms with E-state index in [4.69, 9.17) is 0 Å². The minimum Gasteiger partial charge on any atom is -0.0812 e. The van der Waals surface area contributed by atoms with Crippen LogP contribution in [0.5, 0.6) is 0 Å². The topological polar surface area (TPSA) is 0 Å². The maximum absolute atomic E-state index is 2.52. The largest absolute Gasteiger partial charge is 0.173 e. The first-order valence-corrected chi connectivity index (χ1v) is 12.1. The van der Waals surface area contributed by atoms with Gasteiger partial charge in [-0.25, -0.2) is 0 Å². The average Bonchev–Trinajstić information content (AvgIpc) is 3.23. The summed E-state index contributed by atoms with van der Waals surface area (Å²) in [6.07, 6.45) is 2.36. The second kappa shape index (κ2) is 7.54. The highest BCUT2D eigenvalue weighted by atomic mass is 28.3. The van der Waals surface area contributed by atoms with Crippen molar-refractivity contribution in [1.82, 2.24) is 0 Å². The Hall–Kier alpha value is -3.42. The third-order valence-corrected chi connectivity index (χ3v) is 10.3. The van der Waals surface area contributed by atoms with Gasteiger partial charge in [0.1, 0.15) is 0 Å². The van der Waals surface area contributed by atoms with Gasteiger partial charge in [0.2, 0.25) is 0 Å². The second-order valence-corrected chi connectivity index (χ2v) is 11.0. The van der Waals surface area contributed by atoms with E-state index in [0.29, 0.717) is 0 Å². The van der Waals surface area contributed by atoms with E-state index in [2.05, 4.69) is 133 Å². The van der Waals surface area contributed by atoms with Crippen LogP contribution in [0.15, 0.2) is 133 Å². The first-order chi connectivity index (χ1) is 14.4. The number of hydrogen-bond donors (Lipinski definition) is 0. The minimum absolute atomic E-state index is 1.28. The molecule has 1 heterocycles. The van der Waals surface area contributed by atoms with Gasteiger partial charge in [0, 0.05) is 0 Å². The lowest BCUT2D eigenvalue weighted by Crippen LogP contribution is -2.57. The standard InChI is InChI=1S/C28H22Si/c1-5-13-23(14-6-1)27-21-22-29(25-17-9-3-10-18-25,26-19-11-4-12-20-26)28(27)24-15-7-2-8-16-24/h1-22H. The summed E-state index contributed by atoms with van der Waals surface area (Å²) >= 11 is 0. The van der Waals surface area contributed by atoms with E-state index < -0.39 is 8.07 Å². The van der Waals surface area contributed by atoms with Crippen molar-refractivity contribution in [3.05, 3.63) is 144 Å². The van der Waals surface area contributed by atoms with Crippen molar-refractivity contribution in [2.45, 2.75) is 0 Å². The average molecular weight is 387 g/mol. The van der Waals surface area contributed by atoms with Crippen molar-refractivity contribution < 1.29 is 0 Å². The van der Waals surface area contributed by atoms with Gasteiger partial charge < -0.3 is 0 Å². The monoisotopic (exact) mass is 386 g/mol. The fourth-order valence-electron chi connectivity index (χ4n) is 4.48. The molecule has 0 fully saturated rings. The van der Waals surface area contributed by atoms with Gasteiger partial charge in [0.05, 0.1) is 0 Å². The fraction of sp³-hybridized carbons (Fsp3) is 0. The first-order valence-electron chi connectivity index (χ1n) is 10.1. The van der Waals surface area contributed by atoms with Crippen LogP contribution in [0.4, 0.5) is 0 Å².